The third-order valence-electron chi connectivity index (χ3n) is 3.87. The molecule has 0 saturated heterocycles. The number of hydrogen-bond donors (Lipinski definition) is 1. The van der Waals surface area contributed by atoms with Crippen LogP contribution in [-0.4, -0.2) is 29.8 Å². The van der Waals surface area contributed by atoms with Crippen molar-refractivity contribution in [2.75, 3.05) is 0 Å². The van der Waals surface area contributed by atoms with Gasteiger partial charge in [0, 0.05) is 18.7 Å². The highest BCUT2D eigenvalue weighted by Gasteiger charge is 2.29. The molecule has 1 aromatic carbocycles. The van der Waals surface area contributed by atoms with Crippen LogP contribution >= 0.6 is 11.8 Å². The van der Waals surface area contributed by atoms with Gasteiger partial charge in [-0.15, -0.1) is 10.2 Å². The summed E-state index contributed by atoms with van der Waals surface area (Å²) in [6.07, 6.45) is 4.70. The van der Waals surface area contributed by atoms with Crippen molar-refractivity contribution in [3.05, 3.63) is 59.8 Å². The van der Waals surface area contributed by atoms with E-state index in [4.69, 9.17) is 0 Å². The Kier molecular flexibility index (Phi) is 4.27. The van der Waals surface area contributed by atoms with Crippen LogP contribution in [0.15, 0.2) is 52.8 Å². The number of aromatic nitrogens is 5. The van der Waals surface area contributed by atoms with E-state index in [9.17, 15) is 5.11 Å². The van der Waals surface area contributed by atoms with Crippen molar-refractivity contribution in [3.8, 4) is 0 Å². The highest BCUT2D eigenvalue weighted by atomic mass is 32.2. The average molecular weight is 339 g/mol. The quantitative estimate of drug-likeness (QED) is 0.696. The lowest BCUT2D eigenvalue weighted by Gasteiger charge is -2.07. The van der Waals surface area contributed by atoms with E-state index in [2.05, 4.69) is 32.3 Å². The Balaban J connectivity index is 1.55. The summed E-state index contributed by atoms with van der Waals surface area (Å²) in [6, 6.07) is 12.5. The lowest BCUT2D eigenvalue weighted by molar-refractivity contribution is 0.263. The third kappa shape index (κ3) is 3.32. The third-order valence-corrected chi connectivity index (χ3v) is 4.77. The minimum Gasteiger partial charge on any atom is -0.388 e. The molecule has 3 aromatic rings. The zero-order chi connectivity index (χ0) is 16.4. The number of aliphatic hydroxyl groups is 1. The summed E-state index contributed by atoms with van der Waals surface area (Å²) in [5.74, 6) is 1.41. The Morgan fingerprint density at radius 3 is 2.71 bits per heavy atom. The SMILES string of the molecule is OCc1nnc(Sc2ccnc(Cc3ccccc3)n2)n1C1CC1. The van der Waals surface area contributed by atoms with E-state index in [0.29, 0.717) is 18.3 Å². The first-order valence-electron chi connectivity index (χ1n) is 7.92. The fourth-order valence-corrected chi connectivity index (χ4v) is 3.48. The van der Waals surface area contributed by atoms with Crippen LogP contribution in [0.1, 0.15) is 36.1 Å². The van der Waals surface area contributed by atoms with E-state index >= 15 is 0 Å². The summed E-state index contributed by atoms with van der Waals surface area (Å²) in [5.41, 5.74) is 1.18. The number of benzene rings is 1. The average Bonchev–Trinajstić information content (AvgIpc) is 3.37. The van der Waals surface area contributed by atoms with E-state index in [1.54, 1.807) is 6.20 Å². The Morgan fingerprint density at radius 1 is 1.12 bits per heavy atom. The number of aliphatic hydroxyl groups excluding tert-OH is 1. The van der Waals surface area contributed by atoms with Crippen molar-refractivity contribution in [1.82, 2.24) is 24.7 Å². The monoisotopic (exact) mass is 339 g/mol. The van der Waals surface area contributed by atoms with E-state index < -0.39 is 0 Å². The van der Waals surface area contributed by atoms with Crippen LogP contribution in [0.3, 0.4) is 0 Å². The van der Waals surface area contributed by atoms with Gasteiger partial charge in [0.25, 0.3) is 0 Å². The van der Waals surface area contributed by atoms with E-state index in [1.165, 1.54) is 17.3 Å². The van der Waals surface area contributed by atoms with Crippen LogP contribution in [0.5, 0.6) is 0 Å². The van der Waals surface area contributed by atoms with E-state index in [0.717, 1.165) is 28.8 Å². The molecule has 1 N–H and O–H groups in total. The summed E-state index contributed by atoms with van der Waals surface area (Å²) in [5, 5.41) is 19.3. The second-order valence-electron chi connectivity index (χ2n) is 5.73. The number of rotatable bonds is 6. The normalized spacial score (nSPS) is 14.0. The van der Waals surface area contributed by atoms with Gasteiger partial charge in [0.15, 0.2) is 11.0 Å². The molecule has 1 fully saturated rings. The molecular weight excluding hydrogens is 322 g/mol. The van der Waals surface area contributed by atoms with Crippen molar-refractivity contribution in [1.29, 1.82) is 0 Å². The Bertz CT molecular complexity index is 832. The summed E-state index contributed by atoms with van der Waals surface area (Å²) in [6.45, 7) is -0.0902. The molecule has 4 rings (SSSR count). The Labute approximate surface area is 144 Å². The molecule has 6 nitrogen and oxygen atoms in total. The Hall–Kier alpha value is -2.25. The van der Waals surface area contributed by atoms with Gasteiger partial charge < -0.3 is 9.67 Å². The summed E-state index contributed by atoms with van der Waals surface area (Å²) in [7, 11) is 0. The molecule has 1 aliphatic carbocycles. The van der Waals surface area contributed by atoms with Crippen LogP contribution in [0, 0.1) is 0 Å². The minimum atomic E-state index is -0.0902. The molecule has 122 valence electrons. The predicted octanol–water partition coefficient (Wildman–Crippen LogP) is 2.64. The van der Waals surface area contributed by atoms with Crippen molar-refractivity contribution in [3.63, 3.8) is 0 Å². The molecule has 1 saturated carbocycles. The molecule has 2 heterocycles. The molecule has 7 heteroatoms. The number of hydrogen-bond acceptors (Lipinski definition) is 6. The van der Waals surface area contributed by atoms with Crippen LogP contribution in [-0.2, 0) is 13.0 Å². The molecule has 0 amide bonds. The van der Waals surface area contributed by atoms with Gasteiger partial charge in [0.05, 0.1) is 0 Å². The van der Waals surface area contributed by atoms with Crippen molar-refractivity contribution in [2.24, 2.45) is 0 Å². The van der Waals surface area contributed by atoms with Crippen LogP contribution in [0.2, 0.25) is 0 Å². The zero-order valence-corrected chi connectivity index (χ0v) is 13.9. The largest absolute Gasteiger partial charge is 0.388 e. The van der Waals surface area contributed by atoms with Gasteiger partial charge in [0.2, 0.25) is 0 Å². The van der Waals surface area contributed by atoms with E-state index in [-0.39, 0.29) is 6.61 Å². The topological polar surface area (TPSA) is 76.7 Å². The van der Waals surface area contributed by atoms with Crippen molar-refractivity contribution < 1.29 is 5.11 Å². The van der Waals surface area contributed by atoms with Gasteiger partial charge in [-0.25, -0.2) is 9.97 Å². The summed E-state index contributed by atoms with van der Waals surface area (Å²) in [4.78, 5) is 8.99. The predicted molar refractivity (Wildman–Crippen MR) is 89.6 cm³/mol. The van der Waals surface area contributed by atoms with Crippen LogP contribution in [0.25, 0.3) is 0 Å². The Morgan fingerprint density at radius 2 is 1.96 bits per heavy atom. The molecule has 0 aliphatic heterocycles. The molecule has 24 heavy (non-hydrogen) atoms. The van der Waals surface area contributed by atoms with Crippen molar-refractivity contribution >= 4 is 11.8 Å². The fourth-order valence-electron chi connectivity index (χ4n) is 2.58. The molecule has 0 unspecified atom stereocenters. The standard InChI is InChI=1S/C17H17N5OS/c23-11-15-20-21-17(22(15)13-6-7-13)24-16-8-9-18-14(19-16)10-12-4-2-1-3-5-12/h1-5,8-9,13,23H,6-7,10-11H2. The maximum absolute atomic E-state index is 9.42. The van der Waals surface area contributed by atoms with Gasteiger partial charge in [-0.3, -0.25) is 0 Å². The highest BCUT2D eigenvalue weighted by Crippen LogP contribution is 2.39. The first-order valence-corrected chi connectivity index (χ1v) is 8.73. The fraction of sp³-hybridized carbons (Fsp3) is 0.294. The van der Waals surface area contributed by atoms with Gasteiger partial charge in [-0.1, -0.05) is 30.3 Å². The summed E-state index contributed by atoms with van der Waals surface area (Å²) >= 11 is 1.47. The molecule has 0 radical (unpaired) electrons. The second-order valence-corrected chi connectivity index (χ2v) is 6.72. The van der Waals surface area contributed by atoms with Gasteiger partial charge in [-0.2, -0.15) is 0 Å². The van der Waals surface area contributed by atoms with Crippen LogP contribution in [0.4, 0.5) is 0 Å². The molecule has 0 spiro atoms. The van der Waals surface area contributed by atoms with Gasteiger partial charge in [-0.05, 0) is 36.2 Å². The summed E-state index contributed by atoms with van der Waals surface area (Å²) < 4.78 is 2.03. The molecule has 2 aromatic heterocycles. The van der Waals surface area contributed by atoms with Gasteiger partial charge in [0.1, 0.15) is 17.5 Å². The highest BCUT2D eigenvalue weighted by molar-refractivity contribution is 7.99. The van der Waals surface area contributed by atoms with Crippen molar-refractivity contribution in [2.45, 2.75) is 42.1 Å². The second kappa shape index (κ2) is 6.70. The van der Waals surface area contributed by atoms with E-state index in [1.807, 2.05) is 28.8 Å². The maximum atomic E-state index is 9.42. The number of nitrogens with zero attached hydrogens (tertiary/aromatic N) is 5. The molecular formula is C17H17N5OS. The lowest BCUT2D eigenvalue weighted by atomic mass is 10.1. The lowest BCUT2D eigenvalue weighted by Crippen LogP contribution is -2.03. The first kappa shape index (κ1) is 15.3. The molecule has 0 atom stereocenters. The van der Waals surface area contributed by atoms with Gasteiger partial charge >= 0.3 is 0 Å². The smallest absolute Gasteiger partial charge is 0.197 e. The maximum Gasteiger partial charge on any atom is 0.197 e. The molecule has 0 bridgehead atoms. The minimum absolute atomic E-state index is 0.0902. The first-order chi connectivity index (χ1) is 11.8. The zero-order valence-electron chi connectivity index (χ0n) is 13.0. The molecule has 1 aliphatic rings. The van der Waals surface area contributed by atoms with Crippen LogP contribution < -0.4 is 0 Å².